The normalized spacial score (nSPS) is 14.5. The summed E-state index contributed by atoms with van der Waals surface area (Å²) in [5.74, 6) is -0.354. The maximum absolute atomic E-state index is 12.0. The molecule has 110 valence electrons. The number of nitrogen functional groups attached to an aromatic ring is 1. The van der Waals surface area contributed by atoms with Crippen LogP contribution in [0.2, 0.25) is 0 Å². The summed E-state index contributed by atoms with van der Waals surface area (Å²) in [7, 11) is 0. The van der Waals surface area contributed by atoms with Gasteiger partial charge in [-0.05, 0) is 48.1 Å². The molecule has 4 rings (SSSR count). The fourth-order valence-corrected chi connectivity index (χ4v) is 2.74. The second-order valence-corrected chi connectivity index (χ2v) is 5.51. The molecule has 0 amide bonds. The molecule has 0 aliphatic heterocycles. The van der Waals surface area contributed by atoms with Crippen molar-refractivity contribution >= 4 is 44.6 Å². The molecule has 1 heterocycles. The molecule has 1 aromatic heterocycles. The number of nitrogens with zero attached hydrogens (tertiary/aromatic N) is 1. The number of ketones is 2. The third kappa shape index (κ3) is 2.30. The molecular weight excluding hydrogens is 288 g/mol. The van der Waals surface area contributed by atoms with Crippen molar-refractivity contribution < 1.29 is 9.59 Å². The highest BCUT2D eigenvalue weighted by molar-refractivity contribution is 6.34. The minimum Gasteiger partial charge on any atom is -0.399 e. The van der Waals surface area contributed by atoms with Crippen LogP contribution in [0.1, 0.15) is 5.56 Å². The van der Waals surface area contributed by atoms with E-state index in [1.54, 1.807) is 0 Å². The van der Waals surface area contributed by atoms with Crippen molar-refractivity contribution in [2.24, 2.45) is 0 Å². The van der Waals surface area contributed by atoms with E-state index in [0.717, 1.165) is 21.8 Å². The van der Waals surface area contributed by atoms with Crippen LogP contribution in [0.4, 0.5) is 5.69 Å². The van der Waals surface area contributed by atoms with E-state index in [-0.39, 0.29) is 11.6 Å². The third-order valence-corrected chi connectivity index (χ3v) is 3.90. The lowest BCUT2D eigenvalue weighted by Gasteiger charge is -2.09. The topological polar surface area (TPSA) is 73.1 Å². The smallest absolute Gasteiger partial charge is 0.186 e. The number of hydrogen-bond acceptors (Lipinski definition) is 4. The van der Waals surface area contributed by atoms with Gasteiger partial charge in [-0.2, -0.15) is 0 Å². The molecule has 0 saturated carbocycles. The summed E-state index contributed by atoms with van der Waals surface area (Å²) >= 11 is 0. The van der Waals surface area contributed by atoms with Gasteiger partial charge < -0.3 is 5.73 Å². The van der Waals surface area contributed by atoms with E-state index in [9.17, 15) is 9.59 Å². The summed E-state index contributed by atoms with van der Waals surface area (Å²) < 4.78 is 0. The zero-order valence-electron chi connectivity index (χ0n) is 12.1. The van der Waals surface area contributed by atoms with Gasteiger partial charge in [0.2, 0.25) is 0 Å². The number of pyridine rings is 1. The van der Waals surface area contributed by atoms with Crippen molar-refractivity contribution in [3.63, 3.8) is 0 Å². The van der Waals surface area contributed by atoms with Crippen LogP contribution in [0.5, 0.6) is 0 Å². The number of rotatable bonds is 1. The minimum atomic E-state index is -0.182. The Kier molecular flexibility index (Phi) is 2.84. The predicted octanol–water partition coefficient (Wildman–Crippen LogP) is 3.06. The maximum Gasteiger partial charge on any atom is 0.186 e. The fourth-order valence-electron chi connectivity index (χ4n) is 2.74. The van der Waals surface area contributed by atoms with Gasteiger partial charge in [-0.15, -0.1) is 0 Å². The first-order valence-electron chi connectivity index (χ1n) is 7.19. The van der Waals surface area contributed by atoms with Gasteiger partial charge in [0, 0.05) is 22.0 Å². The minimum absolute atomic E-state index is 0.172. The summed E-state index contributed by atoms with van der Waals surface area (Å²) in [6.07, 6.45) is 3.94. The molecule has 0 atom stereocenters. The molecule has 1 aliphatic carbocycles. The van der Waals surface area contributed by atoms with Crippen molar-refractivity contribution in [1.82, 2.24) is 4.98 Å². The van der Waals surface area contributed by atoms with E-state index in [1.165, 1.54) is 18.2 Å². The first-order valence-corrected chi connectivity index (χ1v) is 7.19. The molecular formula is C19H12N2O2. The summed E-state index contributed by atoms with van der Waals surface area (Å²) in [6, 6.07) is 13.2. The highest BCUT2D eigenvalue weighted by Crippen LogP contribution is 2.26. The van der Waals surface area contributed by atoms with Crippen molar-refractivity contribution in [1.29, 1.82) is 0 Å². The Morgan fingerprint density at radius 3 is 2.39 bits per heavy atom. The predicted molar refractivity (Wildman–Crippen MR) is 90.8 cm³/mol. The molecule has 0 spiro atoms. The Bertz CT molecular complexity index is 1060. The van der Waals surface area contributed by atoms with Gasteiger partial charge in [0.15, 0.2) is 11.6 Å². The number of anilines is 1. The number of aromatic nitrogens is 1. The van der Waals surface area contributed by atoms with Gasteiger partial charge in [0.25, 0.3) is 0 Å². The molecule has 0 saturated heterocycles. The summed E-state index contributed by atoms with van der Waals surface area (Å²) in [4.78, 5) is 28.1. The van der Waals surface area contributed by atoms with E-state index in [2.05, 4.69) is 4.98 Å². The van der Waals surface area contributed by atoms with Crippen molar-refractivity contribution in [3.05, 3.63) is 66.3 Å². The van der Waals surface area contributed by atoms with Gasteiger partial charge in [-0.25, -0.2) is 4.98 Å². The Morgan fingerprint density at radius 1 is 0.826 bits per heavy atom. The molecule has 2 N–H and O–H groups in total. The Hall–Kier alpha value is -3.27. The maximum atomic E-state index is 12.0. The fraction of sp³-hybridized carbons (Fsp3) is 0. The molecule has 4 nitrogen and oxygen atoms in total. The van der Waals surface area contributed by atoms with Gasteiger partial charge in [0.05, 0.1) is 11.0 Å². The van der Waals surface area contributed by atoms with Gasteiger partial charge in [-0.3, -0.25) is 9.59 Å². The molecule has 4 heteroatoms. The molecule has 3 aromatic rings. The number of benzene rings is 2. The highest BCUT2D eigenvalue weighted by Gasteiger charge is 2.15. The van der Waals surface area contributed by atoms with Crippen LogP contribution in [0.15, 0.2) is 60.7 Å². The lowest BCUT2D eigenvalue weighted by atomic mass is 9.95. The SMILES string of the molecule is Nc1ccc2cc3ccc(C4=CC(=O)C=CC4=O)cc3nc2c1. The molecule has 0 radical (unpaired) electrons. The van der Waals surface area contributed by atoms with Crippen LogP contribution in [0.3, 0.4) is 0 Å². The number of allylic oxidation sites excluding steroid dienone is 4. The van der Waals surface area contributed by atoms with E-state index in [4.69, 9.17) is 5.73 Å². The Labute approximate surface area is 131 Å². The van der Waals surface area contributed by atoms with Crippen molar-refractivity contribution in [3.8, 4) is 0 Å². The largest absolute Gasteiger partial charge is 0.399 e. The summed E-state index contributed by atoms with van der Waals surface area (Å²) in [5.41, 5.74) is 9.11. The van der Waals surface area contributed by atoms with Gasteiger partial charge in [0.1, 0.15) is 0 Å². The van der Waals surface area contributed by atoms with E-state index >= 15 is 0 Å². The van der Waals surface area contributed by atoms with Crippen LogP contribution in [0.25, 0.3) is 27.4 Å². The molecule has 0 fully saturated rings. The van der Waals surface area contributed by atoms with E-state index in [1.807, 2.05) is 42.5 Å². The van der Waals surface area contributed by atoms with Crippen LogP contribution in [0, 0.1) is 0 Å². The zero-order chi connectivity index (χ0) is 16.0. The number of nitrogens with two attached hydrogens (primary N) is 1. The monoisotopic (exact) mass is 300 g/mol. The standard InChI is InChI=1S/C19H12N2O2/c20-14-4-3-13-7-12-2-1-11(8-17(12)21-18(13)9-14)16-10-15(22)5-6-19(16)23/h1-10H,20H2. The quantitative estimate of drug-likeness (QED) is 0.426. The molecule has 0 unspecified atom stereocenters. The molecule has 23 heavy (non-hydrogen) atoms. The second kappa shape index (κ2) is 4.88. The highest BCUT2D eigenvalue weighted by atomic mass is 16.1. The Balaban J connectivity index is 1.92. The average Bonchev–Trinajstić information content (AvgIpc) is 2.54. The summed E-state index contributed by atoms with van der Waals surface area (Å²) in [6.45, 7) is 0. The molecule has 0 bridgehead atoms. The lowest BCUT2D eigenvalue weighted by molar-refractivity contribution is -0.113. The van der Waals surface area contributed by atoms with Gasteiger partial charge in [-0.1, -0.05) is 18.2 Å². The Morgan fingerprint density at radius 2 is 1.57 bits per heavy atom. The first kappa shape index (κ1) is 13.4. The second-order valence-electron chi connectivity index (χ2n) is 5.51. The number of carbonyl (C=O) groups excluding carboxylic acids is 2. The van der Waals surface area contributed by atoms with Crippen LogP contribution in [-0.2, 0) is 9.59 Å². The van der Waals surface area contributed by atoms with Crippen molar-refractivity contribution in [2.45, 2.75) is 0 Å². The molecule has 1 aliphatic rings. The van der Waals surface area contributed by atoms with Crippen LogP contribution >= 0.6 is 0 Å². The summed E-state index contributed by atoms with van der Waals surface area (Å²) in [5, 5.41) is 1.97. The van der Waals surface area contributed by atoms with Gasteiger partial charge >= 0.3 is 0 Å². The van der Waals surface area contributed by atoms with Crippen molar-refractivity contribution in [2.75, 3.05) is 5.73 Å². The zero-order valence-corrected chi connectivity index (χ0v) is 12.1. The third-order valence-electron chi connectivity index (χ3n) is 3.90. The number of carbonyl (C=O) groups is 2. The molecule has 2 aromatic carbocycles. The first-order chi connectivity index (χ1) is 11.1. The number of fused-ring (bicyclic) bond motifs is 2. The number of hydrogen-bond donors (Lipinski definition) is 1. The van der Waals surface area contributed by atoms with Crippen LogP contribution < -0.4 is 5.73 Å². The van der Waals surface area contributed by atoms with E-state index < -0.39 is 0 Å². The van der Waals surface area contributed by atoms with Crippen LogP contribution in [-0.4, -0.2) is 16.6 Å². The average molecular weight is 300 g/mol. The lowest BCUT2D eigenvalue weighted by Crippen LogP contribution is -2.06. The van der Waals surface area contributed by atoms with E-state index in [0.29, 0.717) is 16.8 Å².